The fourth-order valence-electron chi connectivity index (χ4n) is 2.67. The highest BCUT2D eigenvalue weighted by atomic mass is 35.5. The van der Waals surface area contributed by atoms with Crippen molar-refractivity contribution < 1.29 is 13.6 Å². The quantitative estimate of drug-likeness (QED) is 0.466. The Balaban J connectivity index is 1.62. The van der Waals surface area contributed by atoms with Crippen molar-refractivity contribution in [2.45, 2.75) is 6.92 Å². The minimum absolute atomic E-state index is 0.00436. The molecule has 9 heteroatoms. The van der Waals surface area contributed by atoms with E-state index in [-0.39, 0.29) is 5.56 Å². The molecule has 0 bridgehead atoms. The topological polar surface area (TPSA) is 59.8 Å². The van der Waals surface area contributed by atoms with Gasteiger partial charge in [0, 0.05) is 27.6 Å². The second-order valence-electron chi connectivity index (χ2n) is 6.19. The van der Waals surface area contributed by atoms with E-state index < -0.39 is 17.5 Å². The van der Waals surface area contributed by atoms with Crippen LogP contribution in [0.2, 0.25) is 5.02 Å². The summed E-state index contributed by atoms with van der Waals surface area (Å²) in [5, 5.41) is 10.1. The molecular weight excluding hydrogens is 418 g/mol. The molecule has 29 heavy (non-hydrogen) atoms. The van der Waals surface area contributed by atoms with Crippen LogP contribution in [0.15, 0.2) is 53.9 Å². The highest BCUT2D eigenvalue weighted by Crippen LogP contribution is 2.27. The molecule has 0 atom stereocenters. The number of thiazole rings is 1. The molecule has 5 nitrogen and oxygen atoms in total. The van der Waals surface area contributed by atoms with Crippen molar-refractivity contribution in [3.8, 4) is 16.4 Å². The number of nitrogens with one attached hydrogen (secondary N) is 1. The van der Waals surface area contributed by atoms with E-state index in [1.54, 1.807) is 25.1 Å². The Morgan fingerprint density at radius 2 is 1.86 bits per heavy atom. The van der Waals surface area contributed by atoms with Crippen LogP contribution >= 0.6 is 22.9 Å². The summed E-state index contributed by atoms with van der Waals surface area (Å²) in [5.41, 5.74) is 2.30. The molecule has 4 aromatic rings. The fourth-order valence-corrected chi connectivity index (χ4v) is 3.60. The summed E-state index contributed by atoms with van der Waals surface area (Å²) in [5.74, 6) is -2.32. The second-order valence-corrected chi connectivity index (χ2v) is 7.46. The minimum Gasteiger partial charge on any atom is -0.306 e. The Labute approximate surface area is 173 Å². The van der Waals surface area contributed by atoms with Crippen molar-refractivity contribution in [2.75, 3.05) is 5.32 Å². The van der Waals surface area contributed by atoms with Gasteiger partial charge in [-0.2, -0.15) is 9.78 Å². The number of aryl methyl sites for hydroxylation is 1. The number of rotatable bonds is 4. The maximum atomic E-state index is 13.4. The van der Waals surface area contributed by atoms with Crippen molar-refractivity contribution in [2.24, 2.45) is 0 Å². The van der Waals surface area contributed by atoms with E-state index in [2.05, 4.69) is 15.4 Å². The predicted octanol–water partition coefficient (Wildman–Crippen LogP) is 5.49. The molecule has 4 rings (SSSR count). The first kappa shape index (κ1) is 19.2. The van der Waals surface area contributed by atoms with E-state index >= 15 is 0 Å². The highest BCUT2D eigenvalue weighted by Gasteiger charge is 2.16. The van der Waals surface area contributed by atoms with Crippen LogP contribution in [-0.2, 0) is 0 Å². The monoisotopic (exact) mass is 430 g/mol. The number of hydrogen-bond donors (Lipinski definition) is 1. The zero-order valence-corrected chi connectivity index (χ0v) is 16.6. The lowest BCUT2D eigenvalue weighted by molar-refractivity contribution is 0.102. The summed E-state index contributed by atoms with van der Waals surface area (Å²) in [6.45, 7) is 1.78. The van der Waals surface area contributed by atoms with Crippen LogP contribution in [-0.4, -0.2) is 20.7 Å². The van der Waals surface area contributed by atoms with E-state index in [0.29, 0.717) is 21.7 Å². The van der Waals surface area contributed by atoms with Crippen molar-refractivity contribution in [1.29, 1.82) is 0 Å². The Hall–Kier alpha value is -3.10. The van der Waals surface area contributed by atoms with Crippen LogP contribution in [0.4, 0.5) is 14.6 Å². The molecule has 2 aromatic carbocycles. The van der Waals surface area contributed by atoms with Gasteiger partial charge in [-0.25, -0.2) is 13.8 Å². The highest BCUT2D eigenvalue weighted by molar-refractivity contribution is 7.12. The van der Waals surface area contributed by atoms with Crippen LogP contribution in [0.25, 0.3) is 16.4 Å². The minimum atomic E-state index is -1.09. The van der Waals surface area contributed by atoms with Crippen LogP contribution in [0.3, 0.4) is 0 Å². The first-order valence-corrected chi connectivity index (χ1v) is 9.71. The number of halogens is 3. The normalized spacial score (nSPS) is 10.9. The maximum Gasteiger partial charge on any atom is 0.256 e. The van der Waals surface area contributed by atoms with E-state index in [4.69, 9.17) is 11.6 Å². The van der Waals surface area contributed by atoms with E-state index in [1.807, 2.05) is 17.5 Å². The smallest absolute Gasteiger partial charge is 0.256 e. The summed E-state index contributed by atoms with van der Waals surface area (Å²) in [6, 6.07) is 11.9. The Morgan fingerprint density at radius 1 is 1.10 bits per heavy atom. The van der Waals surface area contributed by atoms with Gasteiger partial charge in [-0.15, -0.1) is 11.3 Å². The molecule has 0 unspecified atom stereocenters. The van der Waals surface area contributed by atoms with Crippen molar-refractivity contribution in [3.63, 3.8) is 0 Å². The number of nitrogens with zero attached hydrogens (tertiary/aromatic N) is 3. The molecule has 0 spiro atoms. The molecule has 0 saturated heterocycles. The molecule has 0 saturated carbocycles. The number of amides is 1. The number of hydrogen-bond acceptors (Lipinski definition) is 4. The summed E-state index contributed by atoms with van der Waals surface area (Å²) < 4.78 is 28.0. The Kier molecular flexibility index (Phi) is 5.12. The fraction of sp³-hybridized carbons (Fsp3) is 0.0500. The number of aromatic nitrogens is 3. The van der Waals surface area contributed by atoms with Gasteiger partial charge in [0.05, 0.1) is 11.4 Å². The van der Waals surface area contributed by atoms with Gasteiger partial charge in [0.2, 0.25) is 5.13 Å². The molecule has 1 amide bonds. The van der Waals surface area contributed by atoms with E-state index in [0.717, 1.165) is 23.4 Å². The molecule has 2 aromatic heterocycles. The molecule has 1 N–H and O–H groups in total. The third-order valence-corrected chi connectivity index (χ3v) is 5.14. The molecule has 0 fully saturated rings. The first-order chi connectivity index (χ1) is 13.9. The molecule has 0 radical (unpaired) electrons. The van der Waals surface area contributed by atoms with Gasteiger partial charge in [0.25, 0.3) is 5.91 Å². The second kappa shape index (κ2) is 7.73. The molecule has 0 aliphatic heterocycles. The summed E-state index contributed by atoms with van der Waals surface area (Å²) in [4.78, 5) is 17.0. The third-order valence-electron chi connectivity index (χ3n) is 4.07. The zero-order chi connectivity index (χ0) is 20.5. The van der Waals surface area contributed by atoms with Crippen LogP contribution in [0.1, 0.15) is 16.1 Å². The largest absolute Gasteiger partial charge is 0.306 e. The van der Waals surface area contributed by atoms with Crippen molar-refractivity contribution in [3.05, 3.63) is 81.8 Å². The molecule has 0 aliphatic carbocycles. The van der Waals surface area contributed by atoms with Gasteiger partial charge >= 0.3 is 0 Å². The van der Waals surface area contributed by atoms with Crippen molar-refractivity contribution >= 4 is 34.7 Å². The summed E-state index contributed by atoms with van der Waals surface area (Å²) >= 11 is 7.28. The van der Waals surface area contributed by atoms with Gasteiger partial charge in [-0.3, -0.25) is 4.79 Å². The standard InChI is InChI=1S/C20H13ClF2N4OS/c1-11-8-18(25-19(28)13-4-7-15(22)16(23)9-13)27(26-11)20-24-17(10-29-20)12-2-5-14(21)6-3-12/h2-10H,1H3,(H,25,28). The first-order valence-electron chi connectivity index (χ1n) is 8.45. The lowest BCUT2D eigenvalue weighted by atomic mass is 10.2. The van der Waals surface area contributed by atoms with Crippen LogP contribution in [0, 0.1) is 18.6 Å². The Morgan fingerprint density at radius 3 is 2.59 bits per heavy atom. The predicted molar refractivity (Wildman–Crippen MR) is 109 cm³/mol. The summed E-state index contributed by atoms with van der Waals surface area (Å²) in [7, 11) is 0. The Bertz CT molecular complexity index is 1200. The zero-order valence-electron chi connectivity index (χ0n) is 15.0. The van der Waals surface area contributed by atoms with E-state index in [1.165, 1.54) is 22.1 Å². The van der Waals surface area contributed by atoms with Gasteiger partial charge in [0.1, 0.15) is 5.82 Å². The molecule has 2 heterocycles. The average Bonchev–Trinajstić information content (AvgIpc) is 3.31. The molecule has 146 valence electrons. The number of anilines is 1. The SMILES string of the molecule is Cc1cc(NC(=O)c2ccc(F)c(F)c2)n(-c2nc(-c3ccc(Cl)cc3)cs2)n1. The number of carbonyl (C=O) groups excluding carboxylic acids is 1. The van der Waals surface area contributed by atoms with E-state index in [9.17, 15) is 13.6 Å². The molecule has 0 aliphatic rings. The van der Waals surface area contributed by atoms with Crippen LogP contribution < -0.4 is 5.32 Å². The van der Waals surface area contributed by atoms with Crippen LogP contribution in [0.5, 0.6) is 0 Å². The average molecular weight is 431 g/mol. The van der Waals surface area contributed by atoms with Gasteiger partial charge < -0.3 is 5.32 Å². The number of benzene rings is 2. The van der Waals surface area contributed by atoms with Gasteiger partial charge in [-0.05, 0) is 37.3 Å². The lowest BCUT2D eigenvalue weighted by Gasteiger charge is -2.07. The van der Waals surface area contributed by atoms with Gasteiger partial charge in [-0.1, -0.05) is 23.7 Å². The lowest BCUT2D eigenvalue weighted by Crippen LogP contribution is -2.15. The number of carbonyl (C=O) groups is 1. The summed E-state index contributed by atoms with van der Waals surface area (Å²) in [6.07, 6.45) is 0. The van der Waals surface area contributed by atoms with Gasteiger partial charge in [0.15, 0.2) is 11.6 Å². The third kappa shape index (κ3) is 4.03. The molecular formula is C20H13ClF2N4OS. The maximum absolute atomic E-state index is 13.4. The van der Waals surface area contributed by atoms with Crippen molar-refractivity contribution in [1.82, 2.24) is 14.8 Å².